The number of halogens is 3. The van der Waals surface area contributed by atoms with E-state index in [1.165, 1.54) is 11.8 Å². The van der Waals surface area contributed by atoms with Gasteiger partial charge in [0.2, 0.25) is 5.91 Å². The molecule has 1 aromatic rings. The zero-order chi connectivity index (χ0) is 14.8. The van der Waals surface area contributed by atoms with Crippen LogP contribution in [0.1, 0.15) is 17.9 Å². The fourth-order valence-electron chi connectivity index (χ4n) is 1.99. The first kappa shape index (κ1) is 15.0. The zero-order valence-electron chi connectivity index (χ0n) is 10.8. The first-order valence-electron chi connectivity index (χ1n) is 6.11. The lowest BCUT2D eigenvalue weighted by Crippen LogP contribution is -2.37. The minimum absolute atomic E-state index is 0.0773. The van der Waals surface area contributed by atoms with Gasteiger partial charge < -0.3 is 9.64 Å². The average molecular weight is 305 g/mol. The first-order valence-corrected chi connectivity index (χ1v) is 7.16. The van der Waals surface area contributed by atoms with Crippen LogP contribution in [-0.2, 0) is 4.79 Å². The van der Waals surface area contributed by atoms with E-state index in [9.17, 15) is 18.0 Å². The highest BCUT2D eigenvalue weighted by atomic mass is 32.2. The third kappa shape index (κ3) is 3.59. The van der Waals surface area contributed by atoms with E-state index < -0.39 is 24.0 Å². The van der Waals surface area contributed by atoms with E-state index in [2.05, 4.69) is 0 Å². The van der Waals surface area contributed by atoms with Gasteiger partial charge in [-0.15, -0.1) is 11.8 Å². The van der Waals surface area contributed by atoms with Crippen LogP contribution in [-0.4, -0.2) is 35.9 Å². The van der Waals surface area contributed by atoms with Crippen LogP contribution in [0.15, 0.2) is 24.3 Å². The molecule has 1 fully saturated rings. The molecule has 1 saturated heterocycles. The molecular weight excluding hydrogens is 291 g/mol. The van der Waals surface area contributed by atoms with Gasteiger partial charge in [-0.1, -0.05) is 12.1 Å². The summed E-state index contributed by atoms with van der Waals surface area (Å²) in [4.78, 5) is 12.5. The van der Waals surface area contributed by atoms with Gasteiger partial charge in [0.25, 0.3) is 0 Å². The Balaban J connectivity index is 2.15. The van der Waals surface area contributed by atoms with Crippen molar-refractivity contribution in [1.82, 2.24) is 4.90 Å². The number of alkyl halides is 3. The third-order valence-corrected chi connectivity index (χ3v) is 4.05. The van der Waals surface area contributed by atoms with Crippen LogP contribution in [0.3, 0.4) is 0 Å². The van der Waals surface area contributed by atoms with Crippen molar-refractivity contribution >= 4 is 17.7 Å². The van der Waals surface area contributed by atoms with Crippen molar-refractivity contribution < 1.29 is 22.7 Å². The number of amides is 1. The van der Waals surface area contributed by atoms with Crippen molar-refractivity contribution in [2.24, 2.45) is 0 Å². The summed E-state index contributed by atoms with van der Waals surface area (Å²) in [6.07, 6.45) is -4.38. The maximum Gasteiger partial charge on any atom is 0.406 e. The van der Waals surface area contributed by atoms with Gasteiger partial charge >= 0.3 is 6.18 Å². The van der Waals surface area contributed by atoms with Crippen molar-refractivity contribution in [1.29, 1.82) is 0 Å². The SMILES string of the molecule is CCOc1ccc(C2SCC(=O)N2CC(F)(F)F)cc1. The maximum atomic E-state index is 12.5. The fraction of sp³-hybridized carbons (Fsp3) is 0.462. The summed E-state index contributed by atoms with van der Waals surface area (Å²) in [6, 6.07) is 6.80. The number of carbonyl (C=O) groups excluding carboxylic acids is 1. The van der Waals surface area contributed by atoms with E-state index in [-0.39, 0.29) is 5.75 Å². The number of thioether (sulfide) groups is 1. The Morgan fingerprint density at radius 3 is 2.55 bits per heavy atom. The molecule has 1 heterocycles. The number of carbonyl (C=O) groups is 1. The van der Waals surface area contributed by atoms with Gasteiger partial charge in [0, 0.05) is 0 Å². The topological polar surface area (TPSA) is 29.5 Å². The van der Waals surface area contributed by atoms with Gasteiger partial charge in [-0.3, -0.25) is 4.79 Å². The molecule has 0 aromatic heterocycles. The molecule has 1 unspecified atom stereocenters. The predicted octanol–water partition coefficient (Wildman–Crippen LogP) is 3.22. The van der Waals surface area contributed by atoms with Crippen LogP contribution in [0.4, 0.5) is 13.2 Å². The van der Waals surface area contributed by atoms with E-state index in [1.807, 2.05) is 6.92 Å². The van der Waals surface area contributed by atoms with Crippen LogP contribution in [0.25, 0.3) is 0 Å². The maximum absolute atomic E-state index is 12.5. The van der Waals surface area contributed by atoms with Crippen LogP contribution in [0.5, 0.6) is 5.75 Å². The molecule has 110 valence electrons. The summed E-state index contributed by atoms with van der Waals surface area (Å²) < 4.78 is 42.8. The van der Waals surface area contributed by atoms with Crippen molar-refractivity contribution in [3.05, 3.63) is 29.8 Å². The lowest BCUT2D eigenvalue weighted by molar-refractivity contribution is -0.159. The molecule has 7 heteroatoms. The molecule has 1 atom stereocenters. The Hall–Kier alpha value is -1.37. The third-order valence-electron chi connectivity index (χ3n) is 2.79. The Morgan fingerprint density at radius 2 is 2.00 bits per heavy atom. The molecule has 1 amide bonds. The largest absolute Gasteiger partial charge is 0.494 e. The summed E-state index contributed by atoms with van der Waals surface area (Å²) in [5, 5.41) is -0.584. The molecule has 3 nitrogen and oxygen atoms in total. The van der Waals surface area contributed by atoms with Crippen LogP contribution in [0, 0.1) is 0 Å². The monoisotopic (exact) mass is 305 g/mol. The van der Waals surface area contributed by atoms with Gasteiger partial charge in [-0.25, -0.2) is 0 Å². The van der Waals surface area contributed by atoms with Gasteiger partial charge in [-0.05, 0) is 24.6 Å². The molecule has 0 radical (unpaired) electrons. The molecule has 0 aliphatic carbocycles. The van der Waals surface area contributed by atoms with Crippen molar-refractivity contribution in [3.8, 4) is 5.75 Å². The van der Waals surface area contributed by atoms with Crippen LogP contribution in [0.2, 0.25) is 0 Å². The Labute approximate surface area is 119 Å². The van der Waals surface area contributed by atoms with E-state index in [1.54, 1.807) is 24.3 Å². The van der Waals surface area contributed by atoms with Crippen LogP contribution < -0.4 is 4.74 Å². The van der Waals surface area contributed by atoms with Gasteiger partial charge in [0.1, 0.15) is 17.7 Å². The molecule has 0 bridgehead atoms. The Bertz CT molecular complexity index is 475. The summed E-state index contributed by atoms with van der Waals surface area (Å²) >= 11 is 1.21. The molecule has 0 N–H and O–H groups in total. The van der Waals surface area contributed by atoms with E-state index >= 15 is 0 Å². The lowest BCUT2D eigenvalue weighted by atomic mass is 10.2. The minimum atomic E-state index is -4.38. The highest BCUT2D eigenvalue weighted by Crippen LogP contribution is 2.40. The van der Waals surface area contributed by atoms with Gasteiger partial charge in [0.05, 0.1) is 12.4 Å². The molecule has 1 aliphatic rings. The summed E-state index contributed by atoms with van der Waals surface area (Å²) in [5.74, 6) is 0.257. The predicted molar refractivity (Wildman–Crippen MR) is 70.6 cm³/mol. The first-order chi connectivity index (χ1) is 9.40. The number of hydrogen-bond donors (Lipinski definition) is 0. The van der Waals surface area contributed by atoms with Gasteiger partial charge in [0.15, 0.2) is 0 Å². The molecule has 1 aliphatic heterocycles. The summed E-state index contributed by atoms with van der Waals surface area (Å²) in [7, 11) is 0. The molecule has 0 spiro atoms. The molecular formula is C13H14F3NO2S. The van der Waals surface area contributed by atoms with Crippen molar-refractivity contribution in [2.75, 3.05) is 18.9 Å². The normalized spacial score (nSPS) is 19.5. The second-order valence-corrected chi connectivity index (χ2v) is 5.37. The highest BCUT2D eigenvalue weighted by Gasteiger charge is 2.40. The van der Waals surface area contributed by atoms with E-state index in [0.29, 0.717) is 17.9 Å². The number of ether oxygens (including phenoxy) is 1. The summed E-state index contributed by atoms with van der Waals surface area (Å²) in [6.45, 7) is 1.16. The fourth-order valence-corrected chi connectivity index (χ4v) is 3.18. The van der Waals surface area contributed by atoms with Gasteiger partial charge in [-0.2, -0.15) is 13.2 Å². The molecule has 0 saturated carbocycles. The number of hydrogen-bond acceptors (Lipinski definition) is 3. The Kier molecular flexibility index (Phi) is 4.47. The molecule has 2 rings (SSSR count). The standard InChI is InChI=1S/C13H14F3NO2S/c1-2-19-10-5-3-9(4-6-10)12-17(8-13(14,15)16)11(18)7-20-12/h3-6,12H,2,7-8H2,1H3. The summed E-state index contributed by atoms with van der Waals surface area (Å²) in [5.41, 5.74) is 0.675. The van der Waals surface area contributed by atoms with E-state index in [0.717, 1.165) is 4.90 Å². The highest BCUT2D eigenvalue weighted by molar-refractivity contribution is 8.00. The number of nitrogens with zero attached hydrogens (tertiary/aromatic N) is 1. The van der Waals surface area contributed by atoms with Crippen molar-refractivity contribution in [3.63, 3.8) is 0 Å². The number of benzene rings is 1. The number of rotatable bonds is 4. The van der Waals surface area contributed by atoms with Crippen molar-refractivity contribution in [2.45, 2.75) is 18.5 Å². The molecule has 20 heavy (non-hydrogen) atoms. The smallest absolute Gasteiger partial charge is 0.406 e. The molecule has 1 aromatic carbocycles. The minimum Gasteiger partial charge on any atom is -0.494 e. The quantitative estimate of drug-likeness (QED) is 0.855. The average Bonchev–Trinajstić information content (AvgIpc) is 2.71. The Morgan fingerprint density at radius 1 is 1.35 bits per heavy atom. The second-order valence-electron chi connectivity index (χ2n) is 4.30. The second kappa shape index (κ2) is 5.95. The van der Waals surface area contributed by atoms with E-state index in [4.69, 9.17) is 4.74 Å². The lowest BCUT2D eigenvalue weighted by Gasteiger charge is -2.25. The van der Waals surface area contributed by atoms with Crippen LogP contribution >= 0.6 is 11.8 Å². The zero-order valence-corrected chi connectivity index (χ0v) is 11.6.